The third-order valence-electron chi connectivity index (χ3n) is 4.29. The van der Waals surface area contributed by atoms with Crippen molar-refractivity contribution in [3.05, 3.63) is 54.0 Å². The van der Waals surface area contributed by atoms with Gasteiger partial charge in [-0.2, -0.15) is 0 Å². The molecule has 24 heavy (non-hydrogen) atoms. The van der Waals surface area contributed by atoms with Crippen LogP contribution < -0.4 is 4.90 Å². The van der Waals surface area contributed by atoms with Crippen molar-refractivity contribution in [1.29, 1.82) is 0 Å². The van der Waals surface area contributed by atoms with Crippen LogP contribution in [0.4, 0.5) is 5.95 Å². The number of fused-ring (bicyclic) bond motifs is 1. The van der Waals surface area contributed by atoms with Gasteiger partial charge in [-0.15, -0.1) is 0 Å². The van der Waals surface area contributed by atoms with Crippen molar-refractivity contribution in [1.82, 2.24) is 14.9 Å². The third-order valence-corrected chi connectivity index (χ3v) is 4.29. The average molecular weight is 322 g/mol. The second-order valence-electron chi connectivity index (χ2n) is 5.98. The van der Waals surface area contributed by atoms with E-state index < -0.39 is 0 Å². The van der Waals surface area contributed by atoms with E-state index >= 15 is 0 Å². The van der Waals surface area contributed by atoms with Crippen LogP contribution in [-0.4, -0.2) is 47.0 Å². The van der Waals surface area contributed by atoms with Crippen molar-refractivity contribution in [3.8, 4) is 0 Å². The van der Waals surface area contributed by atoms with E-state index in [-0.39, 0.29) is 5.91 Å². The first kappa shape index (κ1) is 14.7. The third kappa shape index (κ3) is 2.71. The average Bonchev–Trinajstić information content (AvgIpc) is 3.05. The number of carbonyl (C=O) groups excluding carboxylic acids is 1. The van der Waals surface area contributed by atoms with Gasteiger partial charge >= 0.3 is 0 Å². The van der Waals surface area contributed by atoms with Gasteiger partial charge in [-0.1, -0.05) is 12.1 Å². The summed E-state index contributed by atoms with van der Waals surface area (Å²) in [6.45, 7) is 4.71. The number of hydrogen-bond acceptors (Lipinski definition) is 5. The molecule has 1 aliphatic heterocycles. The number of aromatic nitrogens is 2. The molecule has 0 aliphatic carbocycles. The van der Waals surface area contributed by atoms with Gasteiger partial charge in [-0.25, -0.2) is 9.97 Å². The van der Waals surface area contributed by atoms with E-state index in [0.29, 0.717) is 24.8 Å². The molecule has 1 aliphatic rings. The zero-order valence-corrected chi connectivity index (χ0v) is 13.5. The lowest BCUT2D eigenvalue weighted by molar-refractivity contribution is 0.0716. The number of aryl methyl sites for hydroxylation is 1. The number of rotatable bonds is 2. The van der Waals surface area contributed by atoms with Crippen molar-refractivity contribution in [2.75, 3.05) is 31.1 Å². The molecule has 3 heterocycles. The molecule has 0 unspecified atom stereocenters. The van der Waals surface area contributed by atoms with Crippen molar-refractivity contribution in [3.63, 3.8) is 0 Å². The Morgan fingerprint density at radius 3 is 2.58 bits per heavy atom. The van der Waals surface area contributed by atoms with E-state index in [1.807, 2.05) is 36.1 Å². The van der Waals surface area contributed by atoms with E-state index in [9.17, 15) is 4.79 Å². The van der Waals surface area contributed by atoms with E-state index in [4.69, 9.17) is 4.42 Å². The standard InChI is InChI=1S/C18H18N4O2/c1-13-3-4-14-12-16(24-15(14)11-13)17(23)21-7-9-22(10-8-21)18-19-5-2-6-20-18/h2-6,11-12H,7-10H2,1H3. The number of carbonyl (C=O) groups is 1. The van der Waals surface area contributed by atoms with Gasteiger partial charge in [-0.3, -0.25) is 4.79 Å². The Bertz CT molecular complexity index is 867. The van der Waals surface area contributed by atoms with Gasteiger partial charge in [0.05, 0.1) is 0 Å². The lowest BCUT2D eigenvalue weighted by Crippen LogP contribution is -2.49. The topological polar surface area (TPSA) is 62.5 Å². The Morgan fingerprint density at radius 1 is 1.08 bits per heavy atom. The molecule has 2 aromatic heterocycles. The molecule has 1 aromatic carbocycles. The summed E-state index contributed by atoms with van der Waals surface area (Å²) in [5, 5.41) is 0.959. The van der Waals surface area contributed by atoms with Crippen LogP contribution in [0.2, 0.25) is 0 Å². The quantitative estimate of drug-likeness (QED) is 0.725. The highest BCUT2D eigenvalue weighted by Gasteiger charge is 2.25. The van der Waals surface area contributed by atoms with E-state index in [0.717, 1.165) is 29.6 Å². The number of nitrogens with zero attached hydrogens (tertiary/aromatic N) is 4. The van der Waals surface area contributed by atoms with Gasteiger partial charge in [0.25, 0.3) is 5.91 Å². The fourth-order valence-corrected chi connectivity index (χ4v) is 2.96. The summed E-state index contributed by atoms with van der Waals surface area (Å²) < 4.78 is 5.75. The minimum atomic E-state index is -0.0579. The Balaban J connectivity index is 1.47. The first-order chi connectivity index (χ1) is 11.7. The van der Waals surface area contributed by atoms with Crippen molar-refractivity contribution in [2.24, 2.45) is 0 Å². The molecule has 3 aromatic rings. The molecule has 6 heteroatoms. The number of anilines is 1. The molecule has 122 valence electrons. The van der Waals surface area contributed by atoms with Gasteiger partial charge in [0, 0.05) is 44.0 Å². The maximum atomic E-state index is 12.7. The fraction of sp³-hybridized carbons (Fsp3) is 0.278. The summed E-state index contributed by atoms with van der Waals surface area (Å²) in [7, 11) is 0. The first-order valence-electron chi connectivity index (χ1n) is 8.02. The molecular formula is C18H18N4O2. The predicted octanol–water partition coefficient (Wildman–Crippen LogP) is 2.49. The summed E-state index contributed by atoms with van der Waals surface area (Å²) in [4.78, 5) is 25.1. The van der Waals surface area contributed by atoms with E-state index in [1.54, 1.807) is 18.5 Å². The number of furan rings is 1. The van der Waals surface area contributed by atoms with Crippen LogP contribution in [0.1, 0.15) is 16.1 Å². The van der Waals surface area contributed by atoms with Crippen LogP contribution in [0, 0.1) is 6.92 Å². The summed E-state index contributed by atoms with van der Waals surface area (Å²) in [5.74, 6) is 1.06. The van der Waals surface area contributed by atoms with Crippen molar-refractivity contribution >= 4 is 22.8 Å². The smallest absolute Gasteiger partial charge is 0.289 e. The van der Waals surface area contributed by atoms with Crippen molar-refractivity contribution in [2.45, 2.75) is 6.92 Å². The fourth-order valence-electron chi connectivity index (χ4n) is 2.96. The highest BCUT2D eigenvalue weighted by atomic mass is 16.3. The molecule has 0 bridgehead atoms. The highest BCUT2D eigenvalue weighted by molar-refractivity contribution is 5.96. The second kappa shape index (κ2) is 5.96. The van der Waals surface area contributed by atoms with Gasteiger partial charge in [0.15, 0.2) is 5.76 Å². The molecule has 0 N–H and O–H groups in total. The van der Waals surface area contributed by atoms with Crippen LogP contribution in [0.15, 0.2) is 47.1 Å². The van der Waals surface area contributed by atoms with Gasteiger partial charge in [0.2, 0.25) is 5.95 Å². The molecule has 4 rings (SSSR count). The molecule has 0 radical (unpaired) electrons. The Kier molecular flexibility index (Phi) is 3.65. The lowest BCUT2D eigenvalue weighted by atomic mass is 10.2. The van der Waals surface area contributed by atoms with E-state index in [1.165, 1.54) is 0 Å². The molecule has 0 spiro atoms. The SMILES string of the molecule is Cc1ccc2cc(C(=O)N3CCN(c4ncccn4)CC3)oc2c1. The Labute approximate surface area is 139 Å². The summed E-state index contributed by atoms with van der Waals surface area (Å²) in [5.41, 5.74) is 1.88. The molecule has 1 fully saturated rings. The maximum absolute atomic E-state index is 12.7. The van der Waals surface area contributed by atoms with Crippen LogP contribution in [-0.2, 0) is 0 Å². The summed E-state index contributed by atoms with van der Waals surface area (Å²) in [6.07, 6.45) is 3.46. The first-order valence-corrected chi connectivity index (χ1v) is 8.02. The molecular weight excluding hydrogens is 304 g/mol. The number of benzene rings is 1. The number of amides is 1. The maximum Gasteiger partial charge on any atom is 0.289 e. The summed E-state index contributed by atoms with van der Waals surface area (Å²) >= 11 is 0. The van der Waals surface area contributed by atoms with Gasteiger partial charge in [-0.05, 0) is 30.7 Å². The largest absolute Gasteiger partial charge is 0.451 e. The van der Waals surface area contributed by atoms with Gasteiger partial charge in [0.1, 0.15) is 5.58 Å². The predicted molar refractivity (Wildman–Crippen MR) is 91.1 cm³/mol. The van der Waals surface area contributed by atoms with Crippen LogP contribution in [0.3, 0.4) is 0 Å². The van der Waals surface area contributed by atoms with E-state index in [2.05, 4.69) is 14.9 Å². The zero-order valence-electron chi connectivity index (χ0n) is 13.5. The highest BCUT2D eigenvalue weighted by Crippen LogP contribution is 2.22. The lowest BCUT2D eigenvalue weighted by Gasteiger charge is -2.34. The minimum Gasteiger partial charge on any atom is -0.451 e. The normalized spacial score (nSPS) is 15.0. The van der Waals surface area contributed by atoms with Crippen LogP contribution in [0.25, 0.3) is 11.0 Å². The van der Waals surface area contributed by atoms with Crippen molar-refractivity contribution < 1.29 is 9.21 Å². The molecule has 0 atom stereocenters. The molecule has 1 saturated heterocycles. The number of piperazine rings is 1. The monoisotopic (exact) mass is 322 g/mol. The zero-order chi connectivity index (χ0) is 16.5. The molecule has 6 nitrogen and oxygen atoms in total. The van der Waals surface area contributed by atoms with Crippen LogP contribution in [0.5, 0.6) is 0 Å². The van der Waals surface area contributed by atoms with Crippen LogP contribution >= 0.6 is 0 Å². The second-order valence-corrected chi connectivity index (χ2v) is 5.98. The number of hydrogen-bond donors (Lipinski definition) is 0. The summed E-state index contributed by atoms with van der Waals surface area (Å²) in [6, 6.07) is 9.58. The molecule has 1 amide bonds. The Morgan fingerprint density at radius 2 is 1.83 bits per heavy atom. The molecule has 0 saturated carbocycles. The Hall–Kier alpha value is -2.89. The van der Waals surface area contributed by atoms with Gasteiger partial charge < -0.3 is 14.2 Å². The minimum absolute atomic E-state index is 0.0579.